The van der Waals surface area contributed by atoms with Crippen LogP contribution in [0.15, 0.2) is 59.9 Å². The van der Waals surface area contributed by atoms with E-state index in [-0.39, 0.29) is 15.7 Å². The van der Waals surface area contributed by atoms with Gasteiger partial charge < -0.3 is 10.3 Å². The first kappa shape index (κ1) is 25.5. The number of nitrogens with two attached hydrogens (primary N) is 1. The van der Waals surface area contributed by atoms with Crippen molar-refractivity contribution >= 4 is 49.3 Å². The van der Waals surface area contributed by atoms with E-state index >= 15 is 0 Å². The second-order valence-corrected chi connectivity index (χ2v) is 12.5. The van der Waals surface area contributed by atoms with Crippen LogP contribution in [0.2, 0.25) is 10.0 Å². The van der Waals surface area contributed by atoms with Crippen molar-refractivity contribution in [3.8, 4) is 11.1 Å². The van der Waals surface area contributed by atoms with Crippen molar-refractivity contribution in [2.75, 3.05) is 12.0 Å². The molecule has 2 aromatic heterocycles. The van der Waals surface area contributed by atoms with Crippen LogP contribution in [0.1, 0.15) is 0 Å². The van der Waals surface area contributed by atoms with Crippen molar-refractivity contribution in [2.45, 2.75) is 23.7 Å². The summed E-state index contributed by atoms with van der Waals surface area (Å²) in [4.78, 5) is -0.546. The summed E-state index contributed by atoms with van der Waals surface area (Å²) in [6, 6.07) is 6.81. The Kier molecular flexibility index (Phi) is 6.22. The van der Waals surface area contributed by atoms with Gasteiger partial charge in [-0.2, -0.15) is 22.5 Å². The minimum Gasteiger partial charge on any atom is -0.397 e. The van der Waals surface area contributed by atoms with Crippen LogP contribution in [0.25, 0.3) is 22.0 Å². The topological polar surface area (TPSA) is 98.1 Å². The first-order valence-electron chi connectivity index (χ1n) is 10.2. The number of nitrogens with one attached hydrogen (secondary N) is 1. The molecule has 0 amide bonds. The fourth-order valence-corrected chi connectivity index (χ4v) is 7.26. The molecule has 7 nitrogen and oxygen atoms in total. The van der Waals surface area contributed by atoms with Crippen LogP contribution >= 0.6 is 23.2 Å². The molecule has 0 saturated heterocycles. The molecule has 0 aliphatic heterocycles. The fraction of sp³-hybridized carbons (Fsp3) is 0.227. The molecule has 0 bridgehead atoms. The molecule has 2 heterocycles. The summed E-state index contributed by atoms with van der Waals surface area (Å²) >= 11 is 12.0. The highest BCUT2D eigenvalue weighted by atomic mass is 35.5. The third-order valence-corrected chi connectivity index (χ3v) is 8.40. The molecule has 4 N–H and O–H groups in total. The number of halogens is 5. The van der Waals surface area contributed by atoms with E-state index in [0.29, 0.717) is 16.5 Å². The maximum absolute atomic E-state index is 14.2. The van der Waals surface area contributed by atoms with Crippen molar-refractivity contribution in [3.05, 3.63) is 65.0 Å². The van der Waals surface area contributed by atoms with E-state index in [1.54, 1.807) is 54.6 Å². The van der Waals surface area contributed by atoms with E-state index in [4.69, 9.17) is 28.9 Å². The lowest BCUT2D eigenvalue weighted by molar-refractivity contribution is -0.154. The van der Waals surface area contributed by atoms with Gasteiger partial charge in [-0.05, 0) is 18.2 Å². The van der Waals surface area contributed by atoms with E-state index in [1.165, 1.54) is 4.57 Å². The second kappa shape index (κ2) is 8.52. The Balaban J connectivity index is 1.79. The van der Waals surface area contributed by atoms with Gasteiger partial charge in [-0.15, -0.1) is 9.53 Å². The normalized spacial score (nSPS) is 14.7. The van der Waals surface area contributed by atoms with Gasteiger partial charge >= 0.3 is 6.18 Å². The van der Waals surface area contributed by atoms with Crippen molar-refractivity contribution in [1.82, 2.24) is 19.1 Å². The van der Waals surface area contributed by atoms with Crippen LogP contribution in [-0.2, 0) is 23.1 Å². The Morgan fingerprint density at radius 3 is 2.51 bits per heavy atom. The Labute approximate surface area is 209 Å². The standard InChI is InChI=1S/C22H22Cl2F3N5O2S/c1-31-10-13(9-29-31)16-11-32(19-6-4-3-5-15(16)19)12-20(22(25,26)27)30-35(2,33,34)21-17(24)7-14(23)8-18(21)28/h3-11,20H,12,28H2,1-2H3,(H2,30,33,34). The van der Waals surface area contributed by atoms with Crippen molar-refractivity contribution in [2.24, 2.45) is 7.05 Å². The van der Waals surface area contributed by atoms with Gasteiger partial charge in [0.15, 0.2) is 0 Å². The largest absolute Gasteiger partial charge is 0.407 e. The van der Waals surface area contributed by atoms with Crippen LogP contribution in [0.3, 0.4) is 0 Å². The van der Waals surface area contributed by atoms with Crippen molar-refractivity contribution < 1.29 is 21.9 Å². The maximum atomic E-state index is 14.2. The molecule has 0 spiro atoms. The van der Waals surface area contributed by atoms with Gasteiger partial charge in [0.25, 0.3) is 0 Å². The summed E-state index contributed by atoms with van der Waals surface area (Å²) in [5.41, 5.74) is 7.45. The quantitative estimate of drug-likeness (QED) is 0.283. The van der Waals surface area contributed by atoms with Gasteiger partial charge in [0.1, 0.15) is 10.9 Å². The Morgan fingerprint density at radius 1 is 1.23 bits per heavy atom. The number of nitrogens with zero attached hydrogens (tertiary/aromatic N) is 3. The number of rotatable bonds is 6. The minimum absolute atomic E-state index is 0.0773. The van der Waals surface area contributed by atoms with Crippen LogP contribution in [0.5, 0.6) is 0 Å². The van der Waals surface area contributed by atoms with Gasteiger partial charge in [-0.1, -0.05) is 41.4 Å². The molecular formula is C22H22Cl2F3N5O2S. The number of alkyl halides is 3. The van der Waals surface area contributed by atoms with E-state index in [0.717, 1.165) is 24.0 Å². The highest BCUT2D eigenvalue weighted by Gasteiger charge is 2.45. The lowest BCUT2D eigenvalue weighted by Crippen LogP contribution is -2.57. The van der Waals surface area contributed by atoms with E-state index in [1.807, 2.05) is 4.72 Å². The molecule has 0 aliphatic rings. The Bertz CT molecular complexity index is 1470. The first-order chi connectivity index (χ1) is 16.1. The highest BCUT2D eigenvalue weighted by Crippen LogP contribution is 2.41. The summed E-state index contributed by atoms with van der Waals surface area (Å²) in [6.45, 7) is -0.696. The van der Waals surface area contributed by atoms with Crippen molar-refractivity contribution in [3.63, 3.8) is 0 Å². The Hall–Kier alpha value is -2.57. The van der Waals surface area contributed by atoms with Gasteiger partial charge in [0.05, 0.1) is 16.9 Å². The third-order valence-electron chi connectivity index (χ3n) is 5.52. The number of hydrogen-bond donors (Lipinski definition) is 3. The number of aromatic nitrogens is 3. The number of para-hydroxylation sites is 1. The second-order valence-electron chi connectivity index (χ2n) is 8.42. The number of anilines is 1. The van der Waals surface area contributed by atoms with E-state index < -0.39 is 33.2 Å². The minimum atomic E-state index is -5.40. The maximum Gasteiger partial charge on any atom is 0.407 e. The molecule has 4 rings (SSSR count). The average Bonchev–Trinajstić information content (AvgIpc) is 3.29. The molecular weight excluding hydrogens is 526 g/mol. The SMILES string of the molecule is Cn1cc(-c2cn(CC(NS(C)(=O)(O)c3c(N)cc(Cl)cc3Cl)C(F)(F)F)c3ccccc23)cn1. The van der Waals surface area contributed by atoms with Crippen molar-refractivity contribution in [1.29, 1.82) is 0 Å². The monoisotopic (exact) mass is 547 g/mol. The predicted molar refractivity (Wildman–Crippen MR) is 133 cm³/mol. The van der Waals surface area contributed by atoms with E-state index in [2.05, 4.69) is 5.10 Å². The number of fused-ring (bicyclic) bond motifs is 1. The smallest absolute Gasteiger partial charge is 0.397 e. The van der Waals surface area contributed by atoms with Crippen LogP contribution in [-0.4, -0.2) is 41.6 Å². The van der Waals surface area contributed by atoms with Gasteiger partial charge in [-0.3, -0.25) is 9.23 Å². The average molecular weight is 548 g/mol. The summed E-state index contributed by atoms with van der Waals surface area (Å²) in [7, 11) is -3.66. The van der Waals surface area contributed by atoms with Gasteiger partial charge in [0.2, 0.25) is 0 Å². The van der Waals surface area contributed by atoms with Crippen LogP contribution in [0, 0.1) is 0 Å². The molecule has 0 fully saturated rings. The molecule has 188 valence electrons. The molecule has 13 heteroatoms. The fourth-order valence-electron chi connectivity index (χ4n) is 4.07. The summed E-state index contributed by atoms with van der Waals surface area (Å²) in [6.07, 6.45) is 0.778. The molecule has 1 atom stereocenters. The molecule has 0 radical (unpaired) electrons. The Morgan fingerprint density at radius 2 is 1.91 bits per heavy atom. The lowest BCUT2D eigenvalue weighted by atomic mass is 10.1. The summed E-state index contributed by atoms with van der Waals surface area (Å²) in [5.74, 6) is 0. The van der Waals surface area contributed by atoms with E-state index in [9.17, 15) is 21.9 Å². The molecule has 0 aliphatic carbocycles. The zero-order valence-corrected chi connectivity index (χ0v) is 20.9. The zero-order chi connectivity index (χ0) is 25.8. The summed E-state index contributed by atoms with van der Waals surface area (Å²) in [5, 5.41) is 4.60. The van der Waals surface area contributed by atoms with Crippen LogP contribution < -0.4 is 10.5 Å². The number of nitrogen functional groups attached to an aromatic ring is 1. The van der Waals surface area contributed by atoms with Crippen LogP contribution in [0.4, 0.5) is 18.9 Å². The van der Waals surface area contributed by atoms with Gasteiger partial charge in [0, 0.05) is 59.3 Å². The molecule has 2 aromatic carbocycles. The number of aryl methyl sites for hydroxylation is 1. The summed E-state index contributed by atoms with van der Waals surface area (Å²) < 4.78 is 72.2. The lowest BCUT2D eigenvalue weighted by Gasteiger charge is -2.44. The molecule has 1 unspecified atom stereocenters. The number of benzene rings is 2. The van der Waals surface area contributed by atoms with Gasteiger partial charge in [-0.25, -0.2) is 4.72 Å². The third kappa shape index (κ3) is 5.05. The highest BCUT2D eigenvalue weighted by molar-refractivity contribution is 8.13. The number of hydrogen-bond acceptors (Lipinski definition) is 3. The molecule has 0 saturated carbocycles. The molecule has 35 heavy (non-hydrogen) atoms. The first-order valence-corrected chi connectivity index (χ1v) is 13.3. The predicted octanol–water partition coefficient (Wildman–Crippen LogP) is 5.35. The molecule has 4 aromatic rings. The zero-order valence-electron chi connectivity index (χ0n) is 18.6.